The average molecular weight is 294 g/mol. The number of carbonyl (C=O) groups is 1. The Morgan fingerprint density at radius 2 is 2.00 bits per heavy atom. The molecular formula is C15H20ClN3O. The lowest BCUT2D eigenvalue weighted by molar-refractivity contribution is 0.0683. The molecule has 20 heavy (non-hydrogen) atoms. The molecule has 1 amide bonds. The topological polar surface area (TPSA) is 59.2 Å². The van der Waals surface area contributed by atoms with Crippen LogP contribution in [0.2, 0.25) is 5.02 Å². The number of nitrogens with two attached hydrogens (primary N) is 1. The molecule has 0 spiro atoms. The average Bonchev–Trinajstić information content (AvgIpc) is 3.10. The predicted molar refractivity (Wildman–Crippen MR) is 79.7 cm³/mol. The standard InChI is InChI=1S/C15H20ClN3O/c16-11-7-8-13(17)18-14(11)15(20)19-9-3-6-12(19)10-4-1-2-5-10/h7-8,10,12H,1-6,9H2,(H2,17,18). The van der Waals surface area contributed by atoms with Crippen LogP contribution in [-0.4, -0.2) is 28.4 Å². The predicted octanol–water partition coefficient (Wildman–Crippen LogP) is 3.11. The molecular weight excluding hydrogens is 274 g/mol. The summed E-state index contributed by atoms with van der Waals surface area (Å²) in [6, 6.07) is 3.64. The molecule has 2 aliphatic rings. The van der Waals surface area contributed by atoms with Gasteiger partial charge in [-0.05, 0) is 43.7 Å². The minimum atomic E-state index is -0.0586. The van der Waals surface area contributed by atoms with Gasteiger partial charge in [0.1, 0.15) is 11.5 Å². The highest BCUT2D eigenvalue weighted by Crippen LogP contribution is 2.36. The lowest BCUT2D eigenvalue weighted by Gasteiger charge is -2.29. The van der Waals surface area contributed by atoms with Gasteiger partial charge < -0.3 is 10.6 Å². The number of carbonyl (C=O) groups excluding carboxylic acids is 1. The zero-order valence-corrected chi connectivity index (χ0v) is 12.3. The minimum absolute atomic E-state index is 0.0586. The number of amides is 1. The first-order valence-electron chi connectivity index (χ1n) is 7.40. The van der Waals surface area contributed by atoms with Crippen molar-refractivity contribution in [3.05, 3.63) is 22.8 Å². The van der Waals surface area contributed by atoms with Crippen molar-refractivity contribution in [2.75, 3.05) is 12.3 Å². The van der Waals surface area contributed by atoms with Crippen molar-refractivity contribution in [1.82, 2.24) is 9.88 Å². The molecule has 1 saturated heterocycles. The Balaban J connectivity index is 1.83. The van der Waals surface area contributed by atoms with Gasteiger partial charge in [-0.2, -0.15) is 0 Å². The maximum absolute atomic E-state index is 12.7. The van der Waals surface area contributed by atoms with Gasteiger partial charge in [0.25, 0.3) is 5.91 Å². The van der Waals surface area contributed by atoms with Crippen LogP contribution < -0.4 is 5.73 Å². The molecule has 1 aliphatic carbocycles. The third kappa shape index (κ3) is 2.49. The first-order valence-corrected chi connectivity index (χ1v) is 7.77. The van der Waals surface area contributed by atoms with Crippen molar-refractivity contribution in [2.45, 2.75) is 44.6 Å². The largest absolute Gasteiger partial charge is 0.384 e. The summed E-state index contributed by atoms with van der Waals surface area (Å²) in [4.78, 5) is 18.8. The van der Waals surface area contributed by atoms with Gasteiger partial charge in [-0.15, -0.1) is 0 Å². The van der Waals surface area contributed by atoms with Gasteiger partial charge in [0.15, 0.2) is 0 Å². The van der Waals surface area contributed by atoms with Crippen LogP contribution in [0, 0.1) is 5.92 Å². The number of likely N-dealkylation sites (tertiary alicyclic amines) is 1. The van der Waals surface area contributed by atoms with E-state index < -0.39 is 0 Å². The van der Waals surface area contributed by atoms with Gasteiger partial charge in [0.2, 0.25) is 0 Å². The summed E-state index contributed by atoms with van der Waals surface area (Å²) < 4.78 is 0. The van der Waals surface area contributed by atoms with Crippen LogP contribution in [0.1, 0.15) is 49.0 Å². The van der Waals surface area contributed by atoms with Gasteiger partial charge in [0.05, 0.1) is 5.02 Å². The fourth-order valence-electron chi connectivity index (χ4n) is 3.62. The molecule has 2 fully saturated rings. The number of hydrogen-bond donors (Lipinski definition) is 1. The molecule has 1 aromatic rings. The van der Waals surface area contributed by atoms with Gasteiger partial charge in [-0.1, -0.05) is 24.4 Å². The maximum atomic E-state index is 12.7. The molecule has 3 rings (SSSR count). The number of pyridine rings is 1. The Kier molecular flexibility index (Phi) is 3.83. The van der Waals surface area contributed by atoms with E-state index >= 15 is 0 Å². The maximum Gasteiger partial charge on any atom is 0.274 e. The molecule has 2 N–H and O–H groups in total. The summed E-state index contributed by atoms with van der Waals surface area (Å²) in [7, 11) is 0. The number of nitrogens with zero attached hydrogens (tertiary/aromatic N) is 2. The van der Waals surface area contributed by atoms with Crippen molar-refractivity contribution in [2.24, 2.45) is 5.92 Å². The number of hydrogen-bond acceptors (Lipinski definition) is 3. The van der Waals surface area contributed by atoms with Crippen LogP contribution in [0.3, 0.4) is 0 Å². The zero-order chi connectivity index (χ0) is 14.1. The normalized spacial score (nSPS) is 23.4. The van der Waals surface area contributed by atoms with E-state index in [0.29, 0.717) is 28.5 Å². The van der Waals surface area contributed by atoms with E-state index in [0.717, 1.165) is 19.4 Å². The first kappa shape index (κ1) is 13.7. The molecule has 5 heteroatoms. The van der Waals surface area contributed by atoms with Crippen molar-refractivity contribution < 1.29 is 4.79 Å². The molecule has 1 aliphatic heterocycles. The quantitative estimate of drug-likeness (QED) is 0.911. The summed E-state index contributed by atoms with van der Waals surface area (Å²) >= 11 is 6.11. The van der Waals surface area contributed by atoms with E-state index in [-0.39, 0.29) is 5.91 Å². The molecule has 4 nitrogen and oxygen atoms in total. The molecule has 2 heterocycles. The van der Waals surface area contributed by atoms with Crippen molar-refractivity contribution in [3.63, 3.8) is 0 Å². The highest BCUT2D eigenvalue weighted by Gasteiger charge is 2.37. The van der Waals surface area contributed by atoms with Crippen LogP contribution >= 0.6 is 11.6 Å². The second-order valence-corrected chi connectivity index (χ2v) is 6.23. The van der Waals surface area contributed by atoms with Gasteiger partial charge >= 0.3 is 0 Å². The highest BCUT2D eigenvalue weighted by atomic mass is 35.5. The molecule has 1 unspecified atom stereocenters. The molecule has 1 saturated carbocycles. The van der Waals surface area contributed by atoms with E-state index in [9.17, 15) is 4.79 Å². The Hall–Kier alpha value is -1.29. The second-order valence-electron chi connectivity index (χ2n) is 5.82. The smallest absolute Gasteiger partial charge is 0.274 e. The van der Waals surface area contributed by atoms with Crippen LogP contribution in [0.4, 0.5) is 5.82 Å². The lowest BCUT2D eigenvalue weighted by Crippen LogP contribution is -2.40. The highest BCUT2D eigenvalue weighted by molar-refractivity contribution is 6.33. The summed E-state index contributed by atoms with van der Waals surface area (Å²) in [5.41, 5.74) is 5.98. The van der Waals surface area contributed by atoms with Gasteiger partial charge in [0, 0.05) is 12.6 Å². The Morgan fingerprint density at radius 3 is 2.75 bits per heavy atom. The van der Waals surface area contributed by atoms with E-state index in [4.69, 9.17) is 17.3 Å². The third-order valence-corrected chi connectivity index (χ3v) is 4.88. The Labute approximate surface area is 124 Å². The van der Waals surface area contributed by atoms with Crippen LogP contribution in [0.5, 0.6) is 0 Å². The van der Waals surface area contributed by atoms with Gasteiger partial charge in [-0.25, -0.2) is 4.98 Å². The van der Waals surface area contributed by atoms with Crippen LogP contribution in [0.15, 0.2) is 12.1 Å². The molecule has 1 atom stereocenters. The first-order chi connectivity index (χ1) is 9.66. The monoisotopic (exact) mass is 293 g/mol. The zero-order valence-electron chi connectivity index (χ0n) is 11.5. The Morgan fingerprint density at radius 1 is 1.25 bits per heavy atom. The van der Waals surface area contributed by atoms with Crippen molar-refractivity contribution >= 4 is 23.3 Å². The number of aromatic nitrogens is 1. The SMILES string of the molecule is Nc1ccc(Cl)c(C(=O)N2CCCC2C2CCCC2)n1. The fourth-order valence-corrected chi connectivity index (χ4v) is 3.81. The molecule has 0 bridgehead atoms. The van der Waals surface area contributed by atoms with Crippen LogP contribution in [0.25, 0.3) is 0 Å². The third-order valence-electron chi connectivity index (χ3n) is 4.57. The summed E-state index contributed by atoms with van der Waals surface area (Å²) in [5, 5.41) is 0.390. The summed E-state index contributed by atoms with van der Waals surface area (Å²) in [5.74, 6) is 0.937. The Bertz CT molecular complexity index is 514. The van der Waals surface area contributed by atoms with E-state index in [1.807, 2.05) is 4.90 Å². The number of halogens is 1. The van der Waals surface area contributed by atoms with Crippen LogP contribution in [-0.2, 0) is 0 Å². The molecule has 0 aromatic carbocycles. The van der Waals surface area contributed by atoms with Crippen molar-refractivity contribution in [3.8, 4) is 0 Å². The summed E-state index contributed by atoms with van der Waals surface area (Å²) in [6.45, 7) is 0.812. The second kappa shape index (κ2) is 5.60. The molecule has 1 aromatic heterocycles. The van der Waals surface area contributed by atoms with Crippen molar-refractivity contribution in [1.29, 1.82) is 0 Å². The molecule has 0 radical (unpaired) electrons. The minimum Gasteiger partial charge on any atom is -0.384 e. The number of anilines is 1. The number of rotatable bonds is 2. The fraction of sp³-hybridized carbons (Fsp3) is 0.600. The van der Waals surface area contributed by atoms with E-state index in [2.05, 4.69) is 4.98 Å². The summed E-state index contributed by atoms with van der Waals surface area (Å²) in [6.07, 6.45) is 7.25. The van der Waals surface area contributed by atoms with E-state index in [1.165, 1.54) is 25.7 Å². The van der Waals surface area contributed by atoms with Gasteiger partial charge in [-0.3, -0.25) is 4.79 Å². The lowest BCUT2D eigenvalue weighted by atomic mass is 9.96. The van der Waals surface area contributed by atoms with E-state index in [1.54, 1.807) is 12.1 Å². The number of nitrogen functional groups attached to an aromatic ring is 1. The molecule has 108 valence electrons.